The zero-order valence-corrected chi connectivity index (χ0v) is 53.1. The lowest BCUT2D eigenvalue weighted by Gasteiger charge is -2.43. The van der Waals surface area contributed by atoms with Crippen LogP contribution in [-0.4, -0.2) is 290 Å². The number of aliphatic hydroxyl groups excluding tert-OH is 8. The van der Waals surface area contributed by atoms with Crippen LogP contribution in [-0.2, 0) is 76.4 Å². The fraction of sp³-hybridized carbons (Fsp3) is 0.821. The van der Waals surface area contributed by atoms with Gasteiger partial charge in [0.15, 0.2) is 18.9 Å². The molecule has 4 aliphatic rings. The van der Waals surface area contributed by atoms with E-state index in [1.165, 1.54) is 27.8 Å². The molecule has 0 bridgehead atoms. The van der Waals surface area contributed by atoms with E-state index in [4.69, 9.17) is 28.4 Å². The van der Waals surface area contributed by atoms with Crippen molar-refractivity contribution >= 4 is 59.1 Å². The summed E-state index contributed by atoms with van der Waals surface area (Å²) in [7, 11) is 1.36. The van der Waals surface area contributed by atoms with Crippen LogP contribution >= 0.6 is 0 Å². The lowest BCUT2D eigenvalue weighted by atomic mass is 9.89. The molecule has 4 heterocycles. The molecule has 10 amide bonds. The Morgan fingerprint density at radius 2 is 0.796 bits per heavy atom. The van der Waals surface area contributed by atoms with Gasteiger partial charge in [-0.15, -0.1) is 0 Å². The van der Waals surface area contributed by atoms with Crippen LogP contribution in [0.15, 0.2) is 0 Å². The molecule has 4 aliphatic heterocycles. The Labute approximate surface area is 538 Å². The van der Waals surface area contributed by atoms with Crippen molar-refractivity contribution in [3.63, 3.8) is 0 Å². The van der Waals surface area contributed by atoms with Gasteiger partial charge in [-0.3, -0.25) is 63.9 Å². The molecule has 0 aromatic heterocycles. The first-order valence-corrected chi connectivity index (χ1v) is 31.3. The van der Waals surface area contributed by atoms with Gasteiger partial charge in [0.2, 0.25) is 59.1 Å². The molecule has 21 N–H and O–H groups in total. The van der Waals surface area contributed by atoms with Crippen molar-refractivity contribution in [2.24, 2.45) is 5.92 Å². The maximum atomic E-state index is 14.3. The quantitative estimate of drug-likeness (QED) is 0.0214. The summed E-state index contributed by atoms with van der Waals surface area (Å²) in [5.74, 6) is -7.63. The molecule has 0 spiro atoms. The van der Waals surface area contributed by atoms with Crippen molar-refractivity contribution in [2.75, 3.05) is 79.8 Å². The first kappa shape index (κ1) is 79.5. The molecule has 0 aromatic carbocycles. The van der Waals surface area contributed by atoms with E-state index in [0.29, 0.717) is 32.2 Å². The van der Waals surface area contributed by atoms with Gasteiger partial charge in [-0.05, 0) is 83.8 Å². The second-order valence-electron chi connectivity index (χ2n) is 23.1. The fourth-order valence-electron chi connectivity index (χ4n) is 10.6. The van der Waals surface area contributed by atoms with E-state index in [1.807, 2.05) is 0 Å². The molecule has 0 saturated carbocycles. The average Bonchev–Trinajstić information content (AvgIpc) is 0.853. The topological polar surface area (TPSA) is 544 Å². The van der Waals surface area contributed by atoms with Gasteiger partial charge in [-0.1, -0.05) is 6.92 Å². The summed E-state index contributed by atoms with van der Waals surface area (Å²) in [6.07, 6.45) is -13.2. The molecule has 4 fully saturated rings. The Morgan fingerprint density at radius 1 is 0.462 bits per heavy atom. The molecular formula is C56H99N13O24. The number of unbranched alkanes of at least 4 members (excludes halogenated alkanes) is 3. The van der Waals surface area contributed by atoms with Crippen molar-refractivity contribution in [3.05, 3.63) is 0 Å². The van der Waals surface area contributed by atoms with Gasteiger partial charge in [0.25, 0.3) is 0 Å². The summed E-state index contributed by atoms with van der Waals surface area (Å²) < 4.78 is 34.1. The number of nitrogens with one attached hydrogen (secondary N) is 13. The van der Waals surface area contributed by atoms with Crippen molar-refractivity contribution in [1.82, 2.24) is 69.1 Å². The van der Waals surface area contributed by atoms with Crippen LogP contribution in [0.4, 0.5) is 0 Å². The minimum absolute atomic E-state index is 0.00849. The van der Waals surface area contributed by atoms with Crippen molar-refractivity contribution < 1.29 is 117 Å². The van der Waals surface area contributed by atoms with Gasteiger partial charge in [-0.25, -0.2) is 0 Å². The summed E-state index contributed by atoms with van der Waals surface area (Å²) in [6.45, 7) is 2.36. The first-order valence-electron chi connectivity index (χ1n) is 31.3. The smallest absolute Gasteiger partial charge is 0.243 e. The van der Waals surface area contributed by atoms with E-state index in [-0.39, 0.29) is 78.2 Å². The Kier molecular flexibility index (Phi) is 35.7. The molecule has 0 radical (unpaired) electrons. The van der Waals surface area contributed by atoms with Crippen molar-refractivity contribution in [3.8, 4) is 0 Å². The largest absolute Gasteiger partial charge is 0.394 e. The minimum atomic E-state index is -1.55. The van der Waals surface area contributed by atoms with E-state index < -0.39 is 208 Å². The van der Waals surface area contributed by atoms with Crippen LogP contribution in [0.25, 0.3) is 0 Å². The van der Waals surface area contributed by atoms with Crippen LogP contribution < -0.4 is 69.1 Å². The summed E-state index contributed by atoms with van der Waals surface area (Å²) in [4.78, 5) is 132. The molecule has 0 aromatic rings. The molecule has 93 heavy (non-hydrogen) atoms. The van der Waals surface area contributed by atoms with E-state index in [2.05, 4.69) is 69.1 Å². The van der Waals surface area contributed by atoms with Crippen molar-refractivity contribution in [1.29, 1.82) is 0 Å². The normalized spacial score (nSPS) is 31.8. The second-order valence-corrected chi connectivity index (χ2v) is 23.1. The van der Waals surface area contributed by atoms with Crippen LogP contribution in [0.5, 0.6) is 0 Å². The van der Waals surface area contributed by atoms with Crippen LogP contribution in [0.1, 0.15) is 98.3 Å². The third-order valence-corrected chi connectivity index (χ3v) is 15.8. The highest BCUT2D eigenvalue weighted by Gasteiger charge is 2.48. The number of carbonyl (C=O) groups excluding carboxylic acids is 10. The molecule has 532 valence electrons. The molecule has 4 rings (SSSR count). The Morgan fingerprint density at radius 3 is 1.16 bits per heavy atom. The molecule has 37 heteroatoms. The summed E-state index contributed by atoms with van der Waals surface area (Å²) >= 11 is 0. The summed E-state index contributed by atoms with van der Waals surface area (Å²) in [5.41, 5.74) is 0. The molecule has 37 nitrogen and oxygen atoms in total. The Hall–Kier alpha value is -5.98. The number of ether oxygens (including phenoxy) is 6. The van der Waals surface area contributed by atoms with Gasteiger partial charge in [-0.2, -0.15) is 0 Å². The number of hydrogen-bond acceptors (Lipinski definition) is 27. The third-order valence-electron chi connectivity index (χ3n) is 15.8. The zero-order valence-electron chi connectivity index (χ0n) is 53.1. The maximum Gasteiger partial charge on any atom is 0.243 e. The highest BCUT2D eigenvalue weighted by Crippen LogP contribution is 2.27. The number of hydrogen-bond donors (Lipinski definition) is 21. The van der Waals surface area contributed by atoms with E-state index in [0.717, 1.165) is 0 Å². The van der Waals surface area contributed by atoms with Gasteiger partial charge < -0.3 is 122 Å². The number of amides is 10. The lowest BCUT2D eigenvalue weighted by molar-refractivity contribution is -0.271. The summed E-state index contributed by atoms with van der Waals surface area (Å²) in [6, 6.07) is -8.65. The predicted molar refractivity (Wildman–Crippen MR) is 320 cm³/mol. The molecule has 19 atom stereocenters. The summed E-state index contributed by atoms with van der Waals surface area (Å²) in [5, 5.41) is 116. The van der Waals surface area contributed by atoms with Crippen LogP contribution in [0.3, 0.4) is 0 Å². The standard InChI is InChI=1S/C56H99N13O24/c1-28-42(63-29(2)73)54(91-36(22-70)45(28)79)88-25-58-17-9-6-12-32-50(84)61-21-41(78)67-34(14-8-11-19-60-27-90-56-44(65-31(4)75)49(83)47(81)38(24-72)93-56)52(86)69-35(15-16-39(76)57-5)53(87)68-33(51(85)62-20-40(77)66-32)13-7-10-18-59-26-89-55-43(64-30(3)74)48(82)46(80)37(23-71)92-55/h28,32-38,42-49,54-56,58-60,70-72,79-83H,6-27H2,1-5H3,(H,57,76)(H,61,84)(H,62,85)(H,63,73)(H,64,74)(H,65,75)(H,66,77)(H,67,78)(H,68,87)(H,69,86)/t28-,32+,33+,34+,35+,36-,37-,38-,42-,43-,44-,45-,46+,47+,48-,49-,54-,55-,56-/m1/s1. The fourth-order valence-corrected chi connectivity index (χ4v) is 10.6. The highest BCUT2D eigenvalue weighted by molar-refractivity contribution is 5.97. The van der Waals surface area contributed by atoms with Gasteiger partial charge >= 0.3 is 0 Å². The number of rotatable bonds is 33. The van der Waals surface area contributed by atoms with Gasteiger partial charge in [0.1, 0.15) is 79.0 Å². The van der Waals surface area contributed by atoms with Crippen LogP contribution in [0, 0.1) is 5.92 Å². The van der Waals surface area contributed by atoms with E-state index in [9.17, 15) is 88.8 Å². The molecule has 4 saturated heterocycles. The first-order chi connectivity index (χ1) is 44.3. The number of carbonyl (C=O) groups is 10. The van der Waals surface area contributed by atoms with Crippen molar-refractivity contribution in [2.45, 2.75) is 208 Å². The van der Waals surface area contributed by atoms with Gasteiger partial charge in [0, 0.05) is 40.2 Å². The van der Waals surface area contributed by atoms with E-state index in [1.54, 1.807) is 6.92 Å². The molecule has 0 unspecified atom stereocenters. The predicted octanol–water partition coefficient (Wildman–Crippen LogP) is -9.99. The van der Waals surface area contributed by atoms with E-state index >= 15 is 0 Å². The maximum absolute atomic E-state index is 14.3. The molecular weight excluding hydrogens is 1240 g/mol. The van der Waals surface area contributed by atoms with Crippen LogP contribution in [0.2, 0.25) is 0 Å². The lowest BCUT2D eigenvalue weighted by Crippen LogP contribution is -2.64. The second kappa shape index (κ2) is 41.8. The third kappa shape index (κ3) is 26.6. The number of aliphatic hydroxyl groups is 8. The van der Waals surface area contributed by atoms with Gasteiger partial charge in [0.05, 0.1) is 65.2 Å². The minimum Gasteiger partial charge on any atom is -0.394 e. The Bertz CT molecular complexity index is 2330. The molecule has 0 aliphatic carbocycles. The highest BCUT2D eigenvalue weighted by atomic mass is 16.7. The monoisotopic (exact) mass is 1340 g/mol. The average molecular weight is 1340 g/mol. The zero-order chi connectivity index (χ0) is 68.7. The SMILES string of the molecule is CNC(=O)CC[C@@H]1NC(=O)[C@H](CCCCNCO[C@@H]2O[C@H](CO)[C@H](O)[C@H](O)[C@H]2NC(C)=O)NC(=O)CNC(=O)[C@H](CCCCNCO[C@@H]2O[C@H](CO)[C@H](O)[C@H](C)[C@H]2NC(C)=O)NC(=O)CNC(=O)[C@H](CCCCNCO[C@@H]2O[C@H](CO)[C@H](O)[C@H](O)[C@H]2NC(C)=O)NC1=O. The Balaban J connectivity index is 1.49.